The smallest absolute Gasteiger partial charge is 0.371 e. The van der Waals surface area contributed by atoms with E-state index in [0.717, 1.165) is 0 Å². The maximum absolute atomic E-state index is 11.8. The maximum Gasteiger partial charge on any atom is 0.411 e. The van der Waals surface area contributed by atoms with E-state index in [4.69, 9.17) is 5.84 Å². The van der Waals surface area contributed by atoms with Gasteiger partial charge in [-0.25, -0.2) is 18.1 Å². The number of aromatic nitrogens is 1. The van der Waals surface area contributed by atoms with Gasteiger partial charge < -0.3 is 10.2 Å². The van der Waals surface area contributed by atoms with Gasteiger partial charge in [-0.05, 0) is 12.1 Å². The molecule has 0 aliphatic heterocycles. The molecule has 1 aromatic heterocycles. The third kappa shape index (κ3) is 5.28. The van der Waals surface area contributed by atoms with Crippen molar-refractivity contribution in [3.05, 3.63) is 18.3 Å². The first-order valence-electron chi connectivity index (χ1n) is 5.32. The molecule has 0 bridgehead atoms. The lowest BCUT2D eigenvalue weighted by atomic mass is 10.4. The maximum atomic E-state index is 11.8. The molecule has 0 saturated carbocycles. The molecule has 0 aromatic carbocycles. The molecule has 0 aliphatic rings. The van der Waals surface area contributed by atoms with Gasteiger partial charge in [0.05, 0.1) is 12.3 Å². The van der Waals surface area contributed by atoms with Crippen LogP contribution in [0.5, 0.6) is 0 Å². The summed E-state index contributed by atoms with van der Waals surface area (Å²) in [6.07, 6.45) is -3.20. The second kappa shape index (κ2) is 6.83. The highest BCUT2D eigenvalue weighted by molar-refractivity contribution is 7.89. The largest absolute Gasteiger partial charge is 0.411 e. The second-order valence-electron chi connectivity index (χ2n) is 3.57. The molecule has 0 aliphatic carbocycles. The lowest BCUT2D eigenvalue weighted by Crippen LogP contribution is -2.30. The Bertz CT molecular complexity index is 535. The summed E-state index contributed by atoms with van der Waals surface area (Å²) in [5.41, 5.74) is 2.23. The molecule has 20 heavy (non-hydrogen) atoms. The van der Waals surface area contributed by atoms with Crippen LogP contribution in [0.25, 0.3) is 0 Å². The number of halogens is 3. The van der Waals surface area contributed by atoms with Gasteiger partial charge in [0, 0.05) is 12.7 Å². The topological polar surface area (TPSA) is 106 Å². The van der Waals surface area contributed by atoms with Gasteiger partial charge in [-0.15, -0.1) is 0 Å². The molecular formula is C9H13F3N4O3S. The monoisotopic (exact) mass is 314 g/mol. The van der Waals surface area contributed by atoms with Crippen LogP contribution in [0.1, 0.15) is 0 Å². The predicted octanol–water partition coefficient (Wildman–Crippen LogP) is 0.224. The number of nitrogens with one attached hydrogen (secondary N) is 2. The van der Waals surface area contributed by atoms with Crippen LogP contribution in [0.2, 0.25) is 0 Å². The van der Waals surface area contributed by atoms with Crippen LogP contribution >= 0.6 is 0 Å². The van der Waals surface area contributed by atoms with Crippen molar-refractivity contribution in [1.29, 1.82) is 0 Å². The summed E-state index contributed by atoms with van der Waals surface area (Å²) in [6, 6.07) is 2.86. The molecule has 1 rings (SSSR count). The van der Waals surface area contributed by atoms with Crippen molar-refractivity contribution in [1.82, 2.24) is 9.71 Å². The van der Waals surface area contributed by atoms with Crippen molar-refractivity contribution in [2.24, 2.45) is 5.84 Å². The van der Waals surface area contributed by atoms with Gasteiger partial charge >= 0.3 is 6.18 Å². The van der Waals surface area contributed by atoms with E-state index in [2.05, 4.69) is 19.9 Å². The Labute approximate surface area is 113 Å². The van der Waals surface area contributed by atoms with Crippen LogP contribution in [0.4, 0.5) is 18.9 Å². The normalized spacial score (nSPS) is 12.4. The zero-order valence-electron chi connectivity index (χ0n) is 10.1. The molecule has 0 atom stereocenters. The number of pyridine rings is 1. The van der Waals surface area contributed by atoms with Gasteiger partial charge in [0.25, 0.3) is 10.0 Å². The highest BCUT2D eigenvalue weighted by atomic mass is 32.2. The molecule has 0 unspecified atom stereocenters. The average Bonchev–Trinajstić information content (AvgIpc) is 2.36. The molecule has 1 aromatic rings. The van der Waals surface area contributed by atoms with Crippen molar-refractivity contribution in [2.45, 2.75) is 11.2 Å². The van der Waals surface area contributed by atoms with Crippen LogP contribution in [0.15, 0.2) is 23.4 Å². The van der Waals surface area contributed by atoms with Crippen LogP contribution < -0.4 is 16.0 Å². The Balaban J connectivity index is 2.54. The SMILES string of the molecule is NNc1cccnc1S(=O)(=O)NCCOCC(F)(F)F. The fourth-order valence-electron chi connectivity index (χ4n) is 1.22. The second-order valence-corrected chi connectivity index (χ2v) is 5.25. The summed E-state index contributed by atoms with van der Waals surface area (Å²) in [6.45, 7) is -2.18. The lowest BCUT2D eigenvalue weighted by Gasteiger charge is -2.10. The fraction of sp³-hybridized carbons (Fsp3) is 0.444. The van der Waals surface area contributed by atoms with Gasteiger partial charge in [0.15, 0.2) is 5.03 Å². The summed E-state index contributed by atoms with van der Waals surface area (Å²) in [5, 5.41) is -0.349. The number of hydrogen-bond donors (Lipinski definition) is 3. The molecule has 0 amide bonds. The standard InChI is InChI=1S/C9H13F3N4O3S/c10-9(11,12)6-19-5-4-15-20(17,18)8-7(16-13)2-1-3-14-8/h1-3,15-16H,4-6,13H2. The minimum atomic E-state index is -4.45. The first kappa shape index (κ1) is 16.6. The molecule has 11 heteroatoms. The van der Waals surface area contributed by atoms with Crippen molar-refractivity contribution in [3.63, 3.8) is 0 Å². The Hall–Kier alpha value is -1.43. The predicted molar refractivity (Wildman–Crippen MR) is 64.1 cm³/mol. The molecule has 4 N–H and O–H groups in total. The zero-order chi connectivity index (χ0) is 15.2. The first-order chi connectivity index (χ1) is 9.26. The van der Waals surface area contributed by atoms with Gasteiger partial charge in [0.1, 0.15) is 6.61 Å². The number of anilines is 1. The Morgan fingerprint density at radius 3 is 2.70 bits per heavy atom. The molecular weight excluding hydrogens is 301 g/mol. The number of nitrogen functional groups attached to an aromatic ring is 1. The first-order valence-corrected chi connectivity index (χ1v) is 6.80. The minimum Gasteiger partial charge on any atom is -0.371 e. The van der Waals surface area contributed by atoms with E-state index in [1.165, 1.54) is 18.3 Å². The molecule has 0 fully saturated rings. The van der Waals surface area contributed by atoms with E-state index < -0.39 is 29.4 Å². The lowest BCUT2D eigenvalue weighted by molar-refractivity contribution is -0.173. The summed E-state index contributed by atoms with van der Waals surface area (Å²) >= 11 is 0. The van der Waals surface area contributed by atoms with Crippen LogP contribution in [-0.2, 0) is 14.8 Å². The van der Waals surface area contributed by atoms with Crippen LogP contribution in [-0.4, -0.2) is 39.3 Å². The van der Waals surface area contributed by atoms with Gasteiger partial charge in [-0.2, -0.15) is 13.2 Å². The van der Waals surface area contributed by atoms with E-state index in [-0.39, 0.29) is 17.3 Å². The van der Waals surface area contributed by atoms with E-state index in [1.54, 1.807) is 0 Å². The van der Waals surface area contributed by atoms with E-state index in [9.17, 15) is 21.6 Å². The number of sulfonamides is 1. The third-order valence-electron chi connectivity index (χ3n) is 1.99. The number of hydrazine groups is 1. The van der Waals surface area contributed by atoms with Crippen LogP contribution in [0.3, 0.4) is 0 Å². The Morgan fingerprint density at radius 2 is 2.10 bits per heavy atom. The molecule has 0 spiro atoms. The van der Waals surface area contributed by atoms with Gasteiger partial charge in [-0.3, -0.25) is 5.84 Å². The van der Waals surface area contributed by atoms with Crippen molar-refractivity contribution < 1.29 is 26.3 Å². The van der Waals surface area contributed by atoms with Crippen molar-refractivity contribution in [2.75, 3.05) is 25.2 Å². The molecule has 0 radical (unpaired) electrons. The zero-order valence-corrected chi connectivity index (χ0v) is 11.0. The number of nitrogens with two attached hydrogens (primary N) is 1. The van der Waals surface area contributed by atoms with Crippen molar-refractivity contribution >= 4 is 15.7 Å². The third-order valence-corrected chi connectivity index (χ3v) is 3.40. The molecule has 114 valence electrons. The molecule has 7 nitrogen and oxygen atoms in total. The average molecular weight is 314 g/mol. The minimum absolute atomic E-state index is 0.0659. The number of nitrogens with zero attached hydrogens (tertiary/aromatic N) is 1. The van der Waals surface area contributed by atoms with E-state index >= 15 is 0 Å². The highest BCUT2D eigenvalue weighted by Crippen LogP contribution is 2.16. The summed E-state index contributed by atoms with van der Waals surface area (Å²) in [7, 11) is -3.98. The summed E-state index contributed by atoms with van der Waals surface area (Å²) < 4.78 is 65.3. The summed E-state index contributed by atoms with van der Waals surface area (Å²) in [4.78, 5) is 3.65. The summed E-state index contributed by atoms with van der Waals surface area (Å²) in [5.74, 6) is 5.14. The Morgan fingerprint density at radius 1 is 1.40 bits per heavy atom. The van der Waals surface area contributed by atoms with Gasteiger partial charge in [0.2, 0.25) is 0 Å². The van der Waals surface area contributed by atoms with Crippen LogP contribution in [0, 0.1) is 0 Å². The Kier molecular flexibility index (Phi) is 5.68. The molecule has 1 heterocycles. The van der Waals surface area contributed by atoms with Crippen molar-refractivity contribution in [3.8, 4) is 0 Å². The van der Waals surface area contributed by atoms with E-state index in [0.29, 0.717) is 0 Å². The quantitative estimate of drug-likeness (QED) is 0.378. The number of hydrogen-bond acceptors (Lipinski definition) is 6. The fourth-order valence-corrected chi connectivity index (χ4v) is 2.32. The number of alkyl halides is 3. The van der Waals surface area contributed by atoms with E-state index in [1.807, 2.05) is 0 Å². The highest BCUT2D eigenvalue weighted by Gasteiger charge is 2.27. The van der Waals surface area contributed by atoms with Gasteiger partial charge in [-0.1, -0.05) is 0 Å². The number of rotatable bonds is 7. The molecule has 0 saturated heterocycles. The number of ether oxygens (including phenoxy) is 1.